The molecule has 0 spiro atoms. The minimum atomic E-state index is -0.609. The number of carbonyl (C=O) groups is 2. The molecule has 0 bridgehead atoms. The van der Waals surface area contributed by atoms with Crippen molar-refractivity contribution in [3.8, 4) is 17.2 Å². The van der Waals surface area contributed by atoms with Crippen LogP contribution in [0.5, 0.6) is 17.2 Å². The lowest BCUT2D eigenvalue weighted by Crippen LogP contribution is -2.44. The van der Waals surface area contributed by atoms with Gasteiger partial charge in [-0.3, -0.25) is 14.6 Å². The molecule has 8 heteroatoms. The highest BCUT2D eigenvalue weighted by Gasteiger charge is 2.29. The normalized spacial score (nSPS) is 18.4. The molecule has 8 nitrogen and oxygen atoms in total. The van der Waals surface area contributed by atoms with Crippen molar-refractivity contribution >= 4 is 11.8 Å². The van der Waals surface area contributed by atoms with E-state index in [9.17, 15) is 9.59 Å². The van der Waals surface area contributed by atoms with Crippen LogP contribution < -0.4 is 19.9 Å². The van der Waals surface area contributed by atoms with Crippen LogP contribution >= 0.6 is 0 Å². The zero-order valence-electron chi connectivity index (χ0n) is 15.3. The highest BCUT2D eigenvalue weighted by atomic mass is 16.6. The first kappa shape index (κ1) is 18.1. The van der Waals surface area contributed by atoms with E-state index in [-0.39, 0.29) is 17.7 Å². The van der Waals surface area contributed by atoms with Gasteiger partial charge in [0.2, 0.25) is 0 Å². The lowest BCUT2D eigenvalue weighted by Gasteiger charge is -2.33. The fraction of sp³-hybridized carbons (Fsp3) is 0.350. The molecular weight excluding hydrogens is 362 g/mol. The Kier molecular flexibility index (Phi) is 5.01. The number of likely N-dealkylation sites (tertiary alicyclic amines) is 1. The third-order valence-corrected chi connectivity index (χ3v) is 4.75. The average Bonchev–Trinajstić information content (AvgIpc) is 2.73. The monoisotopic (exact) mass is 383 g/mol. The number of rotatable bonds is 4. The summed E-state index contributed by atoms with van der Waals surface area (Å²) >= 11 is 0. The van der Waals surface area contributed by atoms with E-state index in [1.165, 1.54) is 12.3 Å². The summed E-state index contributed by atoms with van der Waals surface area (Å²) in [4.78, 5) is 30.0. The molecule has 2 amide bonds. The Labute approximate surface area is 162 Å². The molecule has 1 aromatic carbocycles. The van der Waals surface area contributed by atoms with Crippen molar-refractivity contribution in [2.45, 2.75) is 18.9 Å². The summed E-state index contributed by atoms with van der Waals surface area (Å²) in [6.07, 6.45) is 2.92. The van der Waals surface area contributed by atoms with Crippen LogP contribution in [0.15, 0.2) is 36.5 Å². The fourth-order valence-electron chi connectivity index (χ4n) is 3.44. The number of carbonyl (C=O) groups excluding carboxylic acids is 2. The molecule has 2 N–H and O–H groups in total. The Bertz CT molecular complexity index is 901. The predicted octanol–water partition coefficient (Wildman–Crippen LogP) is 1.64. The Balaban J connectivity index is 1.48. The maximum absolute atomic E-state index is 13.1. The maximum Gasteiger partial charge on any atom is 0.267 e. The molecule has 2 aromatic rings. The van der Waals surface area contributed by atoms with E-state index in [2.05, 4.69) is 4.98 Å². The van der Waals surface area contributed by atoms with E-state index in [0.29, 0.717) is 49.1 Å². The number of hydrogen-bond acceptors (Lipinski definition) is 6. The standard InChI is InChI=1S/C20H21N3O5/c21-19(24)16-11-13(6-7-22-16)28-14-3-2-8-23(12-14)20(25)15-4-1-5-17-18(15)27-10-9-26-17/h1,4-7,11,14H,2-3,8-10,12H2,(H2,21,24). The van der Waals surface area contributed by atoms with Crippen LogP contribution in [0.25, 0.3) is 0 Å². The van der Waals surface area contributed by atoms with Gasteiger partial charge in [-0.25, -0.2) is 0 Å². The summed E-state index contributed by atoms with van der Waals surface area (Å²) in [7, 11) is 0. The summed E-state index contributed by atoms with van der Waals surface area (Å²) in [6, 6.07) is 8.53. The molecule has 0 aliphatic carbocycles. The zero-order valence-corrected chi connectivity index (χ0v) is 15.3. The van der Waals surface area contributed by atoms with Crippen LogP contribution in [0.2, 0.25) is 0 Å². The molecule has 0 saturated carbocycles. The third kappa shape index (κ3) is 3.71. The number of benzene rings is 1. The van der Waals surface area contributed by atoms with Crippen molar-refractivity contribution < 1.29 is 23.8 Å². The summed E-state index contributed by atoms with van der Waals surface area (Å²) in [5, 5.41) is 0. The third-order valence-electron chi connectivity index (χ3n) is 4.75. The van der Waals surface area contributed by atoms with Crippen LogP contribution in [0.1, 0.15) is 33.7 Å². The number of piperidine rings is 1. The molecule has 3 heterocycles. The van der Waals surface area contributed by atoms with E-state index in [4.69, 9.17) is 19.9 Å². The van der Waals surface area contributed by atoms with Gasteiger partial charge in [-0.2, -0.15) is 0 Å². The van der Waals surface area contributed by atoms with Gasteiger partial charge in [0.15, 0.2) is 11.5 Å². The van der Waals surface area contributed by atoms with Crippen LogP contribution in [-0.4, -0.2) is 54.1 Å². The highest BCUT2D eigenvalue weighted by Crippen LogP contribution is 2.34. The smallest absolute Gasteiger partial charge is 0.267 e. The van der Waals surface area contributed by atoms with E-state index in [0.717, 1.165) is 12.8 Å². The number of pyridine rings is 1. The molecular formula is C20H21N3O5. The molecule has 1 fully saturated rings. The molecule has 4 rings (SSSR count). The molecule has 28 heavy (non-hydrogen) atoms. The topological polar surface area (TPSA) is 104 Å². The first-order chi connectivity index (χ1) is 13.6. The first-order valence-electron chi connectivity index (χ1n) is 9.22. The fourth-order valence-corrected chi connectivity index (χ4v) is 3.44. The Morgan fingerprint density at radius 2 is 2.07 bits per heavy atom. The number of nitrogens with zero attached hydrogens (tertiary/aromatic N) is 2. The van der Waals surface area contributed by atoms with Gasteiger partial charge in [-0.15, -0.1) is 0 Å². The summed E-state index contributed by atoms with van der Waals surface area (Å²) in [5.74, 6) is 0.891. The van der Waals surface area contributed by atoms with Crippen molar-refractivity contribution in [2.24, 2.45) is 5.73 Å². The Morgan fingerprint density at radius 3 is 2.93 bits per heavy atom. The van der Waals surface area contributed by atoms with Gasteiger partial charge in [0.05, 0.1) is 12.1 Å². The molecule has 1 atom stereocenters. The zero-order chi connectivity index (χ0) is 19.5. The summed E-state index contributed by atoms with van der Waals surface area (Å²) < 4.78 is 17.2. The van der Waals surface area contributed by atoms with E-state index in [1.807, 2.05) is 0 Å². The Morgan fingerprint density at radius 1 is 1.21 bits per heavy atom. The van der Waals surface area contributed by atoms with Crippen LogP contribution in [0, 0.1) is 0 Å². The number of aromatic nitrogens is 1. The molecule has 2 aliphatic heterocycles. The quantitative estimate of drug-likeness (QED) is 0.861. The van der Waals surface area contributed by atoms with Crippen LogP contribution in [-0.2, 0) is 0 Å². The molecule has 1 saturated heterocycles. The van der Waals surface area contributed by atoms with Gasteiger partial charge in [0.1, 0.15) is 30.8 Å². The van der Waals surface area contributed by atoms with Gasteiger partial charge < -0.3 is 24.8 Å². The van der Waals surface area contributed by atoms with Crippen molar-refractivity contribution in [2.75, 3.05) is 26.3 Å². The second-order valence-electron chi connectivity index (χ2n) is 6.70. The van der Waals surface area contributed by atoms with Crippen LogP contribution in [0.3, 0.4) is 0 Å². The number of amides is 2. The summed E-state index contributed by atoms with van der Waals surface area (Å²) in [5.41, 5.74) is 5.91. The van der Waals surface area contributed by atoms with Crippen molar-refractivity contribution in [1.29, 1.82) is 0 Å². The average molecular weight is 383 g/mol. The molecule has 2 aliphatic rings. The maximum atomic E-state index is 13.1. The van der Waals surface area contributed by atoms with E-state index < -0.39 is 5.91 Å². The SMILES string of the molecule is NC(=O)c1cc(OC2CCCN(C(=O)c3cccc4c3OCCO4)C2)ccn1. The van der Waals surface area contributed by atoms with Gasteiger partial charge in [-0.05, 0) is 31.0 Å². The van der Waals surface area contributed by atoms with Crippen LogP contribution in [0.4, 0.5) is 0 Å². The Hall–Kier alpha value is -3.29. The van der Waals surface area contributed by atoms with Gasteiger partial charge in [0.25, 0.3) is 11.8 Å². The van der Waals surface area contributed by atoms with Crippen molar-refractivity contribution in [3.63, 3.8) is 0 Å². The number of hydrogen-bond donors (Lipinski definition) is 1. The van der Waals surface area contributed by atoms with Crippen molar-refractivity contribution in [3.05, 3.63) is 47.8 Å². The van der Waals surface area contributed by atoms with Gasteiger partial charge in [0, 0.05) is 18.8 Å². The molecule has 1 aromatic heterocycles. The van der Waals surface area contributed by atoms with Gasteiger partial charge >= 0.3 is 0 Å². The predicted molar refractivity (Wildman–Crippen MR) is 99.7 cm³/mol. The minimum Gasteiger partial charge on any atom is -0.488 e. The number of para-hydroxylation sites is 1. The summed E-state index contributed by atoms with van der Waals surface area (Å²) in [6.45, 7) is 1.99. The number of fused-ring (bicyclic) bond motifs is 1. The number of nitrogens with two attached hydrogens (primary N) is 1. The minimum absolute atomic E-state index is 0.108. The molecule has 146 valence electrons. The molecule has 1 unspecified atom stereocenters. The van der Waals surface area contributed by atoms with Crippen molar-refractivity contribution in [1.82, 2.24) is 9.88 Å². The molecule has 0 radical (unpaired) electrons. The van der Waals surface area contributed by atoms with Gasteiger partial charge in [-0.1, -0.05) is 6.07 Å². The number of primary amides is 1. The van der Waals surface area contributed by atoms with E-state index in [1.54, 1.807) is 29.2 Å². The largest absolute Gasteiger partial charge is 0.488 e. The lowest BCUT2D eigenvalue weighted by atomic mass is 10.1. The second-order valence-corrected chi connectivity index (χ2v) is 6.70. The van der Waals surface area contributed by atoms with E-state index >= 15 is 0 Å². The second kappa shape index (κ2) is 7.75. The number of ether oxygens (including phenoxy) is 3. The highest BCUT2D eigenvalue weighted by molar-refractivity contribution is 5.98. The first-order valence-corrected chi connectivity index (χ1v) is 9.22. The lowest BCUT2D eigenvalue weighted by molar-refractivity contribution is 0.0530.